The number of carbonyl (C=O) groups is 1. The summed E-state index contributed by atoms with van der Waals surface area (Å²) in [6.07, 6.45) is 1.83. The van der Waals surface area contributed by atoms with Crippen molar-refractivity contribution in [1.82, 2.24) is 4.90 Å². The van der Waals surface area contributed by atoms with Gasteiger partial charge in [0, 0.05) is 43.1 Å². The van der Waals surface area contributed by atoms with Crippen molar-refractivity contribution in [1.29, 1.82) is 5.26 Å². The molecule has 0 unspecified atom stereocenters. The molecule has 114 valence electrons. The first-order valence-electron chi connectivity index (χ1n) is 7.04. The van der Waals surface area contributed by atoms with Crippen molar-refractivity contribution in [3.05, 3.63) is 34.3 Å². The van der Waals surface area contributed by atoms with Gasteiger partial charge in [-0.05, 0) is 25.1 Å². The molecule has 0 aromatic heterocycles. The van der Waals surface area contributed by atoms with Gasteiger partial charge in [0.05, 0.1) is 12.7 Å². The lowest BCUT2D eigenvalue weighted by molar-refractivity contribution is 0.0970. The van der Waals surface area contributed by atoms with E-state index >= 15 is 0 Å². The summed E-state index contributed by atoms with van der Waals surface area (Å²) in [4.78, 5) is 14.2. The lowest BCUT2D eigenvalue weighted by atomic mass is 10.1. The Morgan fingerprint density at radius 2 is 2.00 bits per heavy atom. The first-order valence-corrected chi connectivity index (χ1v) is 7.83. The summed E-state index contributed by atoms with van der Waals surface area (Å²) < 4.78 is 6.04. The third-order valence-electron chi connectivity index (χ3n) is 3.20. The Morgan fingerprint density at radius 1 is 1.29 bits per heavy atom. The summed E-state index contributed by atoms with van der Waals surface area (Å²) in [6, 6.07) is 9.59. The van der Waals surface area contributed by atoms with Crippen LogP contribution in [-0.4, -0.2) is 44.0 Å². The zero-order chi connectivity index (χ0) is 15.5. The van der Waals surface area contributed by atoms with Gasteiger partial charge in [-0.25, -0.2) is 0 Å². The minimum absolute atomic E-state index is 0.162. The fraction of sp³-hybridized carbons (Fsp3) is 0.500. The summed E-state index contributed by atoms with van der Waals surface area (Å²) in [5, 5.41) is 8.66. The molecule has 1 aromatic carbocycles. The third-order valence-corrected chi connectivity index (χ3v) is 3.72. The summed E-state index contributed by atoms with van der Waals surface area (Å²) in [7, 11) is 1.67. The zero-order valence-corrected chi connectivity index (χ0v) is 13.9. The van der Waals surface area contributed by atoms with E-state index in [9.17, 15) is 4.79 Å². The molecule has 0 heterocycles. The molecule has 0 amide bonds. The monoisotopic (exact) mass is 352 g/mol. The number of benzene rings is 1. The van der Waals surface area contributed by atoms with E-state index < -0.39 is 0 Å². The number of rotatable bonds is 10. The number of nitriles is 1. The Balaban J connectivity index is 2.36. The van der Waals surface area contributed by atoms with E-state index in [4.69, 9.17) is 10.00 Å². The Kier molecular flexibility index (Phi) is 8.91. The fourth-order valence-electron chi connectivity index (χ4n) is 2.01. The lowest BCUT2D eigenvalue weighted by Crippen LogP contribution is -2.29. The molecule has 0 radical (unpaired) electrons. The maximum Gasteiger partial charge on any atom is 0.162 e. The Morgan fingerprint density at radius 3 is 2.62 bits per heavy atom. The number of ketones is 1. The number of nitrogens with zero attached hydrogens (tertiary/aromatic N) is 2. The van der Waals surface area contributed by atoms with Crippen molar-refractivity contribution in [2.75, 3.05) is 33.4 Å². The number of hydrogen-bond donors (Lipinski definition) is 0. The van der Waals surface area contributed by atoms with Crippen molar-refractivity contribution in [3.8, 4) is 6.07 Å². The quantitative estimate of drug-likeness (QED) is 0.606. The van der Waals surface area contributed by atoms with E-state index in [0.717, 1.165) is 36.1 Å². The molecular weight excluding hydrogens is 332 g/mol. The van der Waals surface area contributed by atoms with Gasteiger partial charge >= 0.3 is 0 Å². The van der Waals surface area contributed by atoms with E-state index in [1.165, 1.54) is 0 Å². The van der Waals surface area contributed by atoms with E-state index in [2.05, 4.69) is 26.9 Å². The van der Waals surface area contributed by atoms with Gasteiger partial charge in [-0.3, -0.25) is 4.79 Å². The van der Waals surface area contributed by atoms with Crippen LogP contribution in [0.5, 0.6) is 0 Å². The van der Waals surface area contributed by atoms with Crippen LogP contribution in [0.1, 0.15) is 29.6 Å². The molecule has 5 heteroatoms. The summed E-state index contributed by atoms with van der Waals surface area (Å²) in [5.74, 6) is 0.162. The van der Waals surface area contributed by atoms with E-state index in [1.807, 2.05) is 24.3 Å². The number of methoxy groups -OCH3 is 1. The molecule has 0 N–H and O–H groups in total. The SMILES string of the molecule is COCCN(CCC#N)CCCC(=O)c1ccc(Br)cc1. The van der Waals surface area contributed by atoms with Crippen molar-refractivity contribution in [3.63, 3.8) is 0 Å². The predicted molar refractivity (Wildman–Crippen MR) is 86.3 cm³/mol. The van der Waals surface area contributed by atoms with Gasteiger partial charge in [0.25, 0.3) is 0 Å². The van der Waals surface area contributed by atoms with Crippen molar-refractivity contribution >= 4 is 21.7 Å². The van der Waals surface area contributed by atoms with Crippen LogP contribution >= 0.6 is 15.9 Å². The minimum atomic E-state index is 0.162. The van der Waals surface area contributed by atoms with E-state index in [-0.39, 0.29) is 5.78 Å². The van der Waals surface area contributed by atoms with Gasteiger partial charge < -0.3 is 9.64 Å². The highest BCUT2D eigenvalue weighted by Crippen LogP contribution is 2.12. The first kappa shape index (κ1) is 17.8. The van der Waals surface area contributed by atoms with Gasteiger partial charge in [-0.1, -0.05) is 28.1 Å². The molecule has 0 saturated heterocycles. The Hall–Kier alpha value is -1.22. The molecule has 0 bridgehead atoms. The lowest BCUT2D eigenvalue weighted by Gasteiger charge is -2.20. The number of halogens is 1. The molecule has 0 spiro atoms. The van der Waals surface area contributed by atoms with Crippen LogP contribution in [0.4, 0.5) is 0 Å². The first-order chi connectivity index (χ1) is 10.2. The molecular formula is C16H21BrN2O2. The second-order valence-electron chi connectivity index (χ2n) is 4.78. The minimum Gasteiger partial charge on any atom is -0.383 e. The molecule has 21 heavy (non-hydrogen) atoms. The molecule has 0 atom stereocenters. The van der Waals surface area contributed by atoms with Crippen LogP contribution in [0.15, 0.2) is 28.7 Å². The van der Waals surface area contributed by atoms with Crippen LogP contribution in [0, 0.1) is 11.3 Å². The Labute approximate surface area is 134 Å². The summed E-state index contributed by atoms with van der Waals surface area (Å²) in [5.41, 5.74) is 0.749. The van der Waals surface area contributed by atoms with E-state index in [0.29, 0.717) is 19.4 Å². The number of ether oxygens (including phenoxy) is 1. The smallest absolute Gasteiger partial charge is 0.162 e. The standard InChI is InChI=1S/C16H21BrN2O2/c1-21-13-12-19(11-3-9-18)10-2-4-16(20)14-5-7-15(17)8-6-14/h5-8H,2-4,10-13H2,1H3. The van der Waals surface area contributed by atoms with Crippen molar-refractivity contribution in [2.45, 2.75) is 19.3 Å². The highest BCUT2D eigenvalue weighted by Gasteiger charge is 2.08. The van der Waals surface area contributed by atoms with Crippen LogP contribution in [0.2, 0.25) is 0 Å². The van der Waals surface area contributed by atoms with Crippen molar-refractivity contribution in [2.24, 2.45) is 0 Å². The van der Waals surface area contributed by atoms with Crippen LogP contribution in [0.3, 0.4) is 0 Å². The van der Waals surface area contributed by atoms with Crippen LogP contribution in [0.25, 0.3) is 0 Å². The molecule has 0 fully saturated rings. The number of carbonyl (C=O) groups excluding carboxylic acids is 1. The van der Waals surface area contributed by atoms with E-state index in [1.54, 1.807) is 7.11 Å². The van der Waals surface area contributed by atoms with Crippen molar-refractivity contribution < 1.29 is 9.53 Å². The molecule has 0 aliphatic heterocycles. The summed E-state index contributed by atoms with van der Waals surface area (Å²) >= 11 is 3.36. The molecule has 0 aliphatic rings. The summed E-state index contributed by atoms with van der Waals surface area (Å²) in [6.45, 7) is 2.98. The second-order valence-corrected chi connectivity index (χ2v) is 5.69. The maximum absolute atomic E-state index is 12.1. The largest absolute Gasteiger partial charge is 0.383 e. The molecule has 0 aliphatic carbocycles. The molecule has 1 rings (SSSR count). The van der Waals surface area contributed by atoms with Gasteiger partial charge in [0.2, 0.25) is 0 Å². The van der Waals surface area contributed by atoms with Crippen LogP contribution in [-0.2, 0) is 4.74 Å². The molecule has 1 aromatic rings. The van der Waals surface area contributed by atoms with Gasteiger partial charge in [-0.2, -0.15) is 5.26 Å². The number of hydrogen-bond acceptors (Lipinski definition) is 4. The highest BCUT2D eigenvalue weighted by molar-refractivity contribution is 9.10. The molecule has 4 nitrogen and oxygen atoms in total. The topological polar surface area (TPSA) is 53.3 Å². The third kappa shape index (κ3) is 7.37. The normalized spacial score (nSPS) is 10.6. The fourth-order valence-corrected chi connectivity index (χ4v) is 2.27. The van der Waals surface area contributed by atoms with Gasteiger partial charge in [0.15, 0.2) is 5.78 Å². The second kappa shape index (κ2) is 10.5. The van der Waals surface area contributed by atoms with Gasteiger partial charge in [0.1, 0.15) is 0 Å². The van der Waals surface area contributed by atoms with Gasteiger partial charge in [-0.15, -0.1) is 0 Å². The maximum atomic E-state index is 12.1. The van der Waals surface area contributed by atoms with Crippen LogP contribution < -0.4 is 0 Å². The molecule has 0 saturated carbocycles. The predicted octanol–water partition coefficient (Wildman–Crippen LogP) is 3.27. The zero-order valence-electron chi connectivity index (χ0n) is 12.3. The number of Topliss-reactive ketones (excluding diaryl/α,β-unsaturated/α-hetero) is 1. The average molecular weight is 353 g/mol. The average Bonchev–Trinajstić information content (AvgIpc) is 2.50. The Bertz CT molecular complexity index is 468. The highest BCUT2D eigenvalue weighted by atomic mass is 79.9.